The largest absolute Gasteiger partial charge is 0.361 e. The van der Waals surface area contributed by atoms with E-state index < -0.39 is 0 Å². The molecule has 1 N–H and O–H groups in total. The predicted octanol–water partition coefficient (Wildman–Crippen LogP) is 2.77. The summed E-state index contributed by atoms with van der Waals surface area (Å²) in [6, 6.07) is 8.02. The summed E-state index contributed by atoms with van der Waals surface area (Å²) in [6.07, 6.45) is 5.32. The molecule has 1 aromatic heterocycles. The van der Waals surface area contributed by atoms with Crippen LogP contribution in [0.25, 0.3) is 17.0 Å². The summed E-state index contributed by atoms with van der Waals surface area (Å²) in [4.78, 5) is 13.9. The fourth-order valence-corrected chi connectivity index (χ4v) is 1.44. The maximum atomic E-state index is 10.8. The van der Waals surface area contributed by atoms with Gasteiger partial charge in [-0.2, -0.15) is 0 Å². The van der Waals surface area contributed by atoms with Gasteiger partial charge in [0.05, 0.1) is 0 Å². The van der Waals surface area contributed by atoms with E-state index in [9.17, 15) is 4.79 Å². The average Bonchev–Trinajstić information content (AvgIpc) is 2.58. The molecule has 0 aliphatic rings. The van der Waals surface area contributed by atoms with Gasteiger partial charge in [-0.3, -0.25) is 4.79 Å². The highest BCUT2D eigenvalue weighted by molar-refractivity contribution is 5.96. The number of para-hydroxylation sites is 1. The van der Waals surface area contributed by atoms with Crippen molar-refractivity contribution in [3.05, 3.63) is 42.1 Å². The highest BCUT2D eigenvalue weighted by Gasteiger charge is 1.98. The fourth-order valence-electron chi connectivity index (χ4n) is 1.44. The van der Waals surface area contributed by atoms with E-state index in [-0.39, 0.29) is 5.78 Å². The minimum atomic E-state index is 0.0651. The molecule has 70 valence electrons. The molecule has 1 heterocycles. The first-order valence-corrected chi connectivity index (χ1v) is 4.52. The van der Waals surface area contributed by atoms with E-state index in [1.165, 1.54) is 0 Å². The Balaban J connectivity index is 2.48. The van der Waals surface area contributed by atoms with Crippen molar-refractivity contribution in [2.24, 2.45) is 0 Å². The van der Waals surface area contributed by atoms with E-state index in [0.717, 1.165) is 16.5 Å². The van der Waals surface area contributed by atoms with Gasteiger partial charge in [-0.15, -0.1) is 0 Å². The normalized spacial score (nSPS) is 11.2. The first-order chi connectivity index (χ1) is 6.77. The lowest BCUT2D eigenvalue weighted by atomic mass is 10.1. The van der Waals surface area contributed by atoms with Crippen LogP contribution < -0.4 is 0 Å². The standard InChI is InChI=1S/C12H11NO/c1-9(14)6-7-10-8-13-12-5-3-2-4-11(10)12/h2-8,13H,1H3/b7-6+. The topological polar surface area (TPSA) is 32.9 Å². The van der Waals surface area contributed by atoms with E-state index in [4.69, 9.17) is 0 Å². The molecule has 0 saturated heterocycles. The molecule has 0 saturated carbocycles. The van der Waals surface area contributed by atoms with Gasteiger partial charge >= 0.3 is 0 Å². The number of carbonyl (C=O) groups excluding carboxylic acids is 1. The molecule has 0 atom stereocenters. The SMILES string of the molecule is CC(=O)/C=C/c1c[nH]c2ccccc12. The number of fused-ring (bicyclic) bond motifs is 1. The van der Waals surface area contributed by atoms with Crippen LogP contribution in [0.2, 0.25) is 0 Å². The Bertz CT molecular complexity index is 494. The molecule has 0 fully saturated rings. The van der Waals surface area contributed by atoms with E-state index in [2.05, 4.69) is 4.98 Å². The van der Waals surface area contributed by atoms with Crippen molar-refractivity contribution in [2.45, 2.75) is 6.92 Å². The number of nitrogens with one attached hydrogen (secondary N) is 1. The molecule has 2 aromatic rings. The number of allylic oxidation sites excluding steroid dienone is 1. The lowest BCUT2D eigenvalue weighted by Gasteiger charge is -1.89. The van der Waals surface area contributed by atoms with Gasteiger partial charge in [0.25, 0.3) is 0 Å². The zero-order valence-corrected chi connectivity index (χ0v) is 7.95. The highest BCUT2D eigenvalue weighted by atomic mass is 16.1. The van der Waals surface area contributed by atoms with Crippen molar-refractivity contribution in [1.29, 1.82) is 0 Å². The molecule has 2 nitrogen and oxygen atoms in total. The monoisotopic (exact) mass is 185 g/mol. The van der Waals surface area contributed by atoms with Crippen LogP contribution >= 0.6 is 0 Å². The molecule has 0 aliphatic heterocycles. The Hall–Kier alpha value is -1.83. The van der Waals surface area contributed by atoms with Crippen LogP contribution in [0.15, 0.2) is 36.5 Å². The van der Waals surface area contributed by atoms with Crippen LogP contribution in [0.4, 0.5) is 0 Å². The maximum Gasteiger partial charge on any atom is 0.152 e. The molecule has 2 rings (SSSR count). The number of aromatic amines is 1. The summed E-state index contributed by atoms with van der Waals surface area (Å²) in [5.41, 5.74) is 2.14. The predicted molar refractivity (Wildman–Crippen MR) is 58.0 cm³/mol. The van der Waals surface area contributed by atoms with Crippen LogP contribution in [0.3, 0.4) is 0 Å². The molecule has 0 radical (unpaired) electrons. The molecule has 2 heteroatoms. The summed E-state index contributed by atoms with van der Waals surface area (Å²) in [7, 11) is 0. The van der Waals surface area contributed by atoms with Crippen LogP contribution in [-0.4, -0.2) is 10.8 Å². The second-order valence-corrected chi connectivity index (χ2v) is 3.23. The molecule has 1 aromatic carbocycles. The Morgan fingerprint density at radius 1 is 1.36 bits per heavy atom. The van der Waals surface area contributed by atoms with Crippen molar-refractivity contribution in [2.75, 3.05) is 0 Å². The third-order valence-corrected chi connectivity index (χ3v) is 2.12. The van der Waals surface area contributed by atoms with Crippen molar-refractivity contribution in [3.63, 3.8) is 0 Å². The number of benzene rings is 1. The van der Waals surface area contributed by atoms with Crippen LogP contribution in [0.5, 0.6) is 0 Å². The first kappa shape index (κ1) is 8.75. The van der Waals surface area contributed by atoms with Gasteiger partial charge in [0.15, 0.2) is 5.78 Å². The van der Waals surface area contributed by atoms with Crippen LogP contribution in [0, 0.1) is 0 Å². The fraction of sp³-hybridized carbons (Fsp3) is 0.0833. The average molecular weight is 185 g/mol. The molecular formula is C12H11NO. The van der Waals surface area contributed by atoms with E-state index in [1.54, 1.807) is 13.0 Å². The Morgan fingerprint density at radius 3 is 2.93 bits per heavy atom. The number of hydrogen-bond donors (Lipinski definition) is 1. The number of H-pyrrole nitrogens is 1. The van der Waals surface area contributed by atoms with Crippen molar-refractivity contribution >= 4 is 22.8 Å². The van der Waals surface area contributed by atoms with E-state index in [0.29, 0.717) is 0 Å². The lowest BCUT2D eigenvalue weighted by Crippen LogP contribution is -1.78. The second-order valence-electron chi connectivity index (χ2n) is 3.23. The summed E-state index contributed by atoms with van der Waals surface area (Å²) >= 11 is 0. The van der Waals surface area contributed by atoms with Crippen LogP contribution in [-0.2, 0) is 4.79 Å². The second kappa shape index (κ2) is 3.50. The minimum absolute atomic E-state index is 0.0651. The van der Waals surface area contributed by atoms with E-state index >= 15 is 0 Å². The molecule has 0 spiro atoms. The van der Waals surface area contributed by atoms with Crippen LogP contribution in [0.1, 0.15) is 12.5 Å². The van der Waals surface area contributed by atoms with Crippen molar-refractivity contribution in [1.82, 2.24) is 4.98 Å². The smallest absolute Gasteiger partial charge is 0.152 e. The Morgan fingerprint density at radius 2 is 2.14 bits per heavy atom. The van der Waals surface area contributed by atoms with Gasteiger partial charge in [-0.1, -0.05) is 18.2 Å². The van der Waals surface area contributed by atoms with Gasteiger partial charge < -0.3 is 4.98 Å². The zero-order chi connectivity index (χ0) is 9.97. The Labute approximate surface area is 82.3 Å². The molecular weight excluding hydrogens is 174 g/mol. The minimum Gasteiger partial charge on any atom is -0.361 e. The zero-order valence-electron chi connectivity index (χ0n) is 7.95. The van der Waals surface area contributed by atoms with Crippen molar-refractivity contribution < 1.29 is 4.79 Å². The molecule has 0 amide bonds. The summed E-state index contributed by atoms with van der Waals surface area (Å²) in [5, 5.41) is 1.14. The number of hydrogen-bond acceptors (Lipinski definition) is 1. The molecule has 14 heavy (non-hydrogen) atoms. The maximum absolute atomic E-state index is 10.8. The van der Waals surface area contributed by atoms with Crippen molar-refractivity contribution in [3.8, 4) is 0 Å². The third-order valence-electron chi connectivity index (χ3n) is 2.12. The summed E-state index contributed by atoms with van der Waals surface area (Å²) in [5.74, 6) is 0.0651. The first-order valence-electron chi connectivity index (χ1n) is 4.52. The van der Waals surface area contributed by atoms with Gasteiger partial charge in [0.1, 0.15) is 0 Å². The number of aromatic nitrogens is 1. The third kappa shape index (κ3) is 1.59. The quantitative estimate of drug-likeness (QED) is 0.717. The number of ketones is 1. The highest BCUT2D eigenvalue weighted by Crippen LogP contribution is 2.18. The number of rotatable bonds is 2. The molecule has 0 aliphatic carbocycles. The molecule has 0 bridgehead atoms. The van der Waals surface area contributed by atoms with Gasteiger partial charge in [-0.25, -0.2) is 0 Å². The summed E-state index contributed by atoms with van der Waals surface area (Å²) in [6.45, 7) is 1.55. The Kier molecular flexibility index (Phi) is 2.19. The summed E-state index contributed by atoms with van der Waals surface area (Å²) < 4.78 is 0. The number of carbonyl (C=O) groups is 1. The van der Waals surface area contributed by atoms with Gasteiger partial charge in [0.2, 0.25) is 0 Å². The van der Waals surface area contributed by atoms with Gasteiger partial charge in [0, 0.05) is 17.1 Å². The lowest BCUT2D eigenvalue weighted by molar-refractivity contribution is -0.112. The van der Waals surface area contributed by atoms with Gasteiger partial charge in [-0.05, 0) is 30.7 Å². The molecule has 0 unspecified atom stereocenters. The van der Waals surface area contributed by atoms with E-state index in [1.807, 2.05) is 36.5 Å².